The van der Waals surface area contributed by atoms with Gasteiger partial charge in [-0.15, -0.1) is 6.42 Å². The summed E-state index contributed by atoms with van der Waals surface area (Å²) in [5, 5.41) is 0. The smallest absolute Gasteiger partial charge is 0.228 e. The minimum absolute atomic E-state index is 0.000370. The molecule has 0 heterocycles. The normalized spacial score (nSPS) is 28.2. The van der Waals surface area contributed by atoms with Crippen LogP contribution in [0.1, 0.15) is 44.9 Å². The van der Waals surface area contributed by atoms with E-state index in [-0.39, 0.29) is 17.9 Å². The van der Waals surface area contributed by atoms with Gasteiger partial charge in [0.25, 0.3) is 0 Å². The minimum Gasteiger partial charge on any atom is -0.331 e. The molecular weight excluding hydrogens is 224 g/mol. The molecule has 2 unspecified atom stereocenters. The van der Waals surface area contributed by atoms with Crippen molar-refractivity contribution < 1.29 is 4.79 Å². The average Bonchev–Trinajstić information content (AvgIpc) is 3.16. The minimum atomic E-state index is -0.000370. The van der Waals surface area contributed by atoms with Gasteiger partial charge in [0.05, 0.1) is 12.5 Å². The van der Waals surface area contributed by atoms with Crippen LogP contribution in [0.4, 0.5) is 0 Å². The van der Waals surface area contributed by atoms with Crippen molar-refractivity contribution in [2.24, 2.45) is 17.6 Å². The molecule has 3 nitrogen and oxygen atoms in total. The molecule has 2 atom stereocenters. The first kappa shape index (κ1) is 13.4. The maximum absolute atomic E-state index is 12.6. The molecule has 0 spiro atoms. The molecule has 2 aliphatic carbocycles. The summed E-state index contributed by atoms with van der Waals surface area (Å²) in [5.74, 6) is 3.50. The summed E-state index contributed by atoms with van der Waals surface area (Å²) in [5.41, 5.74) is 6.16. The predicted molar refractivity (Wildman–Crippen MR) is 72.7 cm³/mol. The van der Waals surface area contributed by atoms with Gasteiger partial charge in [0.1, 0.15) is 0 Å². The molecule has 0 aliphatic heterocycles. The zero-order valence-corrected chi connectivity index (χ0v) is 11.1. The molecule has 0 aromatic carbocycles. The highest BCUT2D eigenvalue weighted by molar-refractivity contribution is 5.80. The number of amides is 1. The molecule has 2 aliphatic rings. The molecule has 1 amide bonds. The number of carbonyl (C=O) groups excluding carboxylic acids is 1. The van der Waals surface area contributed by atoms with Crippen LogP contribution in [0.25, 0.3) is 0 Å². The van der Waals surface area contributed by atoms with E-state index in [2.05, 4.69) is 5.92 Å². The van der Waals surface area contributed by atoms with Gasteiger partial charge in [0.15, 0.2) is 0 Å². The van der Waals surface area contributed by atoms with Crippen molar-refractivity contribution in [3.05, 3.63) is 0 Å². The van der Waals surface area contributed by atoms with E-state index in [0.29, 0.717) is 12.5 Å². The summed E-state index contributed by atoms with van der Waals surface area (Å²) in [6.07, 6.45) is 13.3. The molecule has 0 bridgehead atoms. The van der Waals surface area contributed by atoms with E-state index in [1.54, 1.807) is 0 Å². The monoisotopic (exact) mass is 248 g/mol. The van der Waals surface area contributed by atoms with Crippen LogP contribution in [0.2, 0.25) is 0 Å². The Bertz CT molecular complexity index is 330. The van der Waals surface area contributed by atoms with Crippen LogP contribution in [-0.2, 0) is 4.79 Å². The highest BCUT2D eigenvalue weighted by atomic mass is 16.2. The standard InChI is InChI=1S/C15H24N2O/c1-2-10-17(11-12-8-9-12)15(18)13-6-4-3-5-7-14(13)16/h1,12-14H,3-11,16H2. The largest absolute Gasteiger partial charge is 0.331 e. The van der Waals surface area contributed by atoms with Crippen molar-refractivity contribution in [1.82, 2.24) is 4.90 Å². The van der Waals surface area contributed by atoms with Gasteiger partial charge in [-0.05, 0) is 31.6 Å². The number of carbonyl (C=O) groups is 1. The van der Waals surface area contributed by atoms with Crippen molar-refractivity contribution in [2.75, 3.05) is 13.1 Å². The molecule has 0 aromatic rings. The zero-order valence-electron chi connectivity index (χ0n) is 11.1. The first-order valence-electron chi connectivity index (χ1n) is 7.20. The molecule has 0 radical (unpaired) electrons. The second-order valence-corrected chi connectivity index (χ2v) is 5.77. The number of nitrogens with zero attached hydrogens (tertiary/aromatic N) is 1. The Kier molecular flexibility index (Phi) is 4.66. The average molecular weight is 248 g/mol. The van der Waals surface area contributed by atoms with Gasteiger partial charge in [0.2, 0.25) is 5.91 Å². The molecule has 2 saturated carbocycles. The molecule has 100 valence electrons. The lowest BCUT2D eigenvalue weighted by atomic mass is 9.94. The van der Waals surface area contributed by atoms with E-state index in [1.807, 2.05) is 4.90 Å². The lowest BCUT2D eigenvalue weighted by Crippen LogP contribution is -2.44. The van der Waals surface area contributed by atoms with Crippen molar-refractivity contribution in [2.45, 2.75) is 51.0 Å². The van der Waals surface area contributed by atoms with E-state index >= 15 is 0 Å². The van der Waals surface area contributed by atoms with Crippen LogP contribution in [0, 0.1) is 24.2 Å². The van der Waals surface area contributed by atoms with Crippen molar-refractivity contribution >= 4 is 5.91 Å². The fraction of sp³-hybridized carbons (Fsp3) is 0.800. The topological polar surface area (TPSA) is 46.3 Å². The van der Waals surface area contributed by atoms with E-state index in [1.165, 1.54) is 19.3 Å². The van der Waals surface area contributed by atoms with Gasteiger partial charge in [-0.2, -0.15) is 0 Å². The third-order valence-electron chi connectivity index (χ3n) is 4.16. The molecule has 3 heteroatoms. The molecular formula is C15H24N2O. The van der Waals surface area contributed by atoms with Gasteiger partial charge < -0.3 is 10.6 Å². The van der Waals surface area contributed by atoms with Crippen LogP contribution >= 0.6 is 0 Å². The van der Waals surface area contributed by atoms with Crippen LogP contribution in [-0.4, -0.2) is 29.9 Å². The Hall–Kier alpha value is -1.01. The first-order valence-corrected chi connectivity index (χ1v) is 7.20. The Labute approximate surface area is 110 Å². The van der Waals surface area contributed by atoms with Crippen molar-refractivity contribution in [3.63, 3.8) is 0 Å². The molecule has 0 saturated heterocycles. The highest BCUT2D eigenvalue weighted by Crippen LogP contribution is 2.31. The summed E-state index contributed by atoms with van der Waals surface area (Å²) in [7, 11) is 0. The van der Waals surface area contributed by atoms with Gasteiger partial charge in [0, 0.05) is 12.6 Å². The number of hydrogen-bond donors (Lipinski definition) is 1. The van der Waals surface area contributed by atoms with Gasteiger partial charge in [-0.25, -0.2) is 0 Å². The van der Waals surface area contributed by atoms with Crippen LogP contribution in [0.5, 0.6) is 0 Å². The third-order valence-corrected chi connectivity index (χ3v) is 4.16. The number of terminal acetylenes is 1. The molecule has 18 heavy (non-hydrogen) atoms. The second-order valence-electron chi connectivity index (χ2n) is 5.77. The van der Waals surface area contributed by atoms with E-state index in [0.717, 1.165) is 32.2 Å². The highest BCUT2D eigenvalue weighted by Gasteiger charge is 2.33. The lowest BCUT2D eigenvalue weighted by Gasteiger charge is -2.28. The van der Waals surface area contributed by atoms with Gasteiger partial charge in [-0.1, -0.05) is 25.2 Å². The Balaban J connectivity index is 1.98. The van der Waals surface area contributed by atoms with E-state index < -0.39 is 0 Å². The zero-order chi connectivity index (χ0) is 13.0. The Morgan fingerprint density at radius 2 is 1.94 bits per heavy atom. The number of hydrogen-bond acceptors (Lipinski definition) is 2. The lowest BCUT2D eigenvalue weighted by molar-refractivity contribution is -0.136. The number of rotatable bonds is 4. The molecule has 2 fully saturated rings. The van der Waals surface area contributed by atoms with Crippen molar-refractivity contribution in [3.8, 4) is 12.3 Å². The van der Waals surface area contributed by atoms with Crippen molar-refractivity contribution in [1.29, 1.82) is 0 Å². The summed E-state index contributed by atoms with van der Waals surface area (Å²) < 4.78 is 0. The third kappa shape index (κ3) is 3.49. The van der Waals surface area contributed by atoms with Gasteiger partial charge in [-0.3, -0.25) is 4.79 Å². The molecule has 2 rings (SSSR count). The maximum atomic E-state index is 12.6. The predicted octanol–water partition coefficient (Wildman–Crippen LogP) is 1.77. The summed E-state index contributed by atoms with van der Waals surface area (Å²) in [6.45, 7) is 1.28. The van der Waals surface area contributed by atoms with Crippen LogP contribution in [0.15, 0.2) is 0 Å². The molecule has 2 N–H and O–H groups in total. The SMILES string of the molecule is C#CCN(CC1CC1)C(=O)C1CCCCCC1N. The summed E-state index contributed by atoms with van der Waals surface area (Å²) in [6, 6.07) is 0.0273. The van der Waals surface area contributed by atoms with E-state index in [4.69, 9.17) is 12.2 Å². The number of nitrogens with two attached hydrogens (primary N) is 1. The fourth-order valence-corrected chi connectivity index (χ4v) is 2.83. The maximum Gasteiger partial charge on any atom is 0.228 e. The molecule has 0 aromatic heterocycles. The summed E-state index contributed by atoms with van der Waals surface area (Å²) in [4.78, 5) is 14.4. The first-order chi connectivity index (χ1) is 8.72. The quantitative estimate of drug-likeness (QED) is 0.609. The van der Waals surface area contributed by atoms with Crippen LogP contribution in [0.3, 0.4) is 0 Å². The Morgan fingerprint density at radius 3 is 2.61 bits per heavy atom. The fourth-order valence-electron chi connectivity index (χ4n) is 2.83. The van der Waals surface area contributed by atoms with Gasteiger partial charge >= 0.3 is 0 Å². The Morgan fingerprint density at radius 1 is 1.22 bits per heavy atom. The summed E-state index contributed by atoms with van der Waals surface area (Å²) >= 11 is 0. The van der Waals surface area contributed by atoms with Crippen LogP contribution < -0.4 is 5.73 Å². The second kappa shape index (κ2) is 6.24. The van der Waals surface area contributed by atoms with E-state index in [9.17, 15) is 4.79 Å².